The number of hydrogen-bond acceptors (Lipinski definition) is 2. The minimum Gasteiger partial charge on any atom is -0.370 e. The molecule has 0 atom stereocenters. The molecule has 0 aromatic carbocycles. The first-order valence-electron chi connectivity index (χ1n) is 5.28. The van der Waals surface area contributed by atoms with E-state index in [2.05, 4.69) is 28.5 Å². The van der Waals surface area contributed by atoms with Gasteiger partial charge in [0.05, 0.1) is 5.84 Å². The number of aliphatic imine (C=N–C) groups is 2. The Morgan fingerprint density at radius 1 is 1.31 bits per heavy atom. The minimum atomic E-state index is 0.698. The normalized spacial score (nSPS) is 13.6. The van der Waals surface area contributed by atoms with Crippen molar-refractivity contribution in [1.29, 1.82) is 0 Å². The summed E-state index contributed by atoms with van der Waals surface area (Å²) in [6.45, 7) is 12.0. The van der Waals surface area contributed by atoms with Crippen molar-refractivity contribution >= 4 is 12.1 Å². The highest BCUT2D eigenvalue weighted by molar-refractivity contribution is 5.79. The third kappa shape index (κ3) is 5.96. The zero-order chi connectivity index (χ0) is 12.4. The summed E-state index contributed by atoms with van der Waals surface area (Å²) in [6.07, 6.45) is 6.25. The maximum absolute atomic E-state index is 4.32. The molecule has 88 valence electrons. The van der Waals surface area contributed by atoms with Crippen molar-refractivity contribution in [1.82, 2.24) is 5.32 Å². The molecule has 3 heteroatoms. The van der Waals surface area contributed by atoms with Crippen molar-refractivity contribution in [2.75, 3.05) is 13.6 Å². The van der Waals surface area contributed by atoms with Crippen molar-refractivity contribution in [2.45, 2.75) is 20.3 Å². The molecule has 3 nitrogen and oxygen atoms in total. The van der Waals surface area contributed by atoms with E-state index < -0.39 is 0 Å². The highest BCUT2D eigenvalue weighted by Crippen LogP contribution is 2.05. The van der Waals surface area contributed by atoms with Gasteiger partial charge in [0.15, 0.2) is 0 Å². The van der Waals surface area contributed by atoms with Crippen molar-refractivity contribution in [3.63, 3.8) is 0 Å². The summed E-state index contributed by atoms with van der Waals surface area (Å²) in [6, 6.07) is 0. The molecule has 0 aliphatic carbocycles. The second-order valence-corrected chi connectivity index (χ2v) is 3.31. The van der Waals surface area contributed by atoms with Gasteiger partial charge < -0.3 is 5.32 Å². The van der Waals surface area contributed by atoms with Gasteiger partial charge in [-0.05, 0) is 19.4 Å². The van der Waals surface area contributed by atoms with Crippen LogP contribution in [0.3, 0.4) is 0 Å². The predicted molar refractivity (Wildman–Crippen MR) is 73.2 cm³/mol. The van der Waals surface area contributed by atoms with E-state index in [1.165, 1.54) is 0 Å². The van der Waals surface area contributed by atoms with Crippen LogP contribution in [0.4, 0.5) is 0 Å². The van der Waals surface area contributed by atoms with E-state index in [1.807, 2.05) is 32.2 Å². The molecule has 0 bridgehead atoms. The molecule has 0 aromatic rings. The molecular formula is C13H21N3. The van der Waals surface area contributed by atoms with E-state index in [-0.39, 0.29) is 0 Å². The van der Waals surface area contributed by atoms with Gasteiger partial charge in [-0.1, -0.05) is 18.7 Å². The molecular weight excluding hydrogens is 198 g/mol. The number of nitrogens with one attached hydrogen (secondary N) is 1. The molecule has 0 saturated carbocycles. The van der Waals surface area contributed by atoms with Crippen LogP contribution in [0.25, 0.3) is 0 Å². The Kier molecular flexibility index (Phi) is 7.76. The zero-order valence-corrected chi connectivity index (χ0v) is 10.5. The number of nitrogens with zero attached hydrogens (tertiary/aromatic N) is 2. The van der Waals surface area contributed by atoms with Crippen molar-refractivity contribution < 1.29 is 0 Å². The minimum absolute atomic E-state index is 0.698. The van der Waals surface area contributed by atoms with E-state index >= 15 is 0 Å². The van der Waals surface area contributed by atoms with Gasteiger partial charge in [-0.3, -0.25) is 9.98 Å². The van der Waals surface area contributed by atoms with Crippen LogP contribution in [0, 0.1) is 0 Å². The summed E-state index contributed by atoms with van der Waals surface area (Å²) in [5.41, 5.74) is 2.04. The molecule has 0 aromatic heterocycles. The molecule has 0 spiro atoms. The molecule has 0 aliphatic heterocycles. The monoisotopic (exact) mass is 219 g/mol. The summed E-state index contributed by atoms with van der Waals surface area (Å²) in [4.78, 5) is 8.35. The van der Waals surface area contributed by atoms with E-state index in [9.17, 15) is 0 Å². The third-order valence-electron chi connectivity index (χ3n) is 2.14. The zero-order valence-electron chi connectivity index (χ0n) is 10.5. The van der Waals surface area contributed by atoms with E-state index in [0.717, 1.165) is 23.5 Å². The van der Waals surface area contributed by atoms with E-state index in [1.54, 1.807) is 7.05 Å². The van der Waals surface area contributed by atoms with Crippen LogP contribution < -0.4 is 5.32 Å². The van der Waals surface area contributed by atoms with Crippen LogP contribution in [-0.4, -0.2) is 25.6 Å². The van der Waals surface area contributed by atoms with Crippen molar-refractivity contribution in [3.8, 4) is 0 Å². The third-order valence-corrected chi connectivity index (χ3v) is 2.14. The Hall–Kier alpha value is -1.64. The molecule has 1 N–H and O–H groups in total. The first-order chi connectivity index (χ1) is 7.65. The largest absolute Gasteiger partial charge is 0.370 e. The lowest BCUT2D eigenvalue weighted by atomic mass is 10.2. The Bertz CT molecular complexity index is 322. The number of hydrogen-bond donors (Lipinski definition) is 1. The Morgan fingerprint density at radius 3 is 2.50 bits per heavy atom. The molecule has 0 aliphatic rings. The first kappa shape index (κ1) is 14.4. The second kappa shape index (κ2) is 8.65. The van der Waals surface area contributed by atoms with Gasteiger partial charge in [-0.2, -0.15) is 0 Å². The summed E-state index contributed by atoms with van der Waals surface area (Å²) in [7, 11) is 1.76. The Labute approximate surface area is 98.4 Å². The lowest BCUT2D eigenvalue weighted by molar-refractivity contribution is 0.973. The molecule has 0 amide bonds. The van der Waals surface area contributed by atoms with E-state index in [0.29, 0.717) is 6.54 Å². The summed E-state index contributed by atoms with van der Waals surface area (Å²) in [5, 5.41) is 3.18. The highest BCUT2D eigenvalue weighted by atomic mass is 15.0. The fourth-order valence-electron chi connectivity index (χ4n) is 0.997. The van der Waals surface area contributed by atoms with Crippen LogP contribution in [0.5, 0.6) is 0 Å². The van der Waals surface area contributed by atoms with Gasteiger partial charge in [0.25, 0.3) is 0 Å². The number of allylic oxidation sites excluding steroid dienone is 2. The molecule has 0 unspecified atom stereocenters. The van der Waals surface area contributed by atoms with Crippen LogP contribution in [0.1, 0.15) is 20.3 Å². The summed E-state index contributed by atoms with van der Waals surface area (Å²) < 4.78 is 0. The fraction of sp³-hybridized carbons (Fsp3) is 0.385. The smallest absolute Gasteiger partial charge is 0.0930 e. The maximum Gasteiger partial charge on any atom is 0.0930 e. The summed E-state index contributed by atoms with van der Waals surface area (Å²) in [5.74, 6) is 0.905. The fourth-order valence-corrected chi connectivity index (χ4v) is 0.997. The van der Waals surface area contributed by atoms with Gasteiger partial charge in [-0.15, -0.1) is 6.58 Å². The average molecular weight is 219 g/mol. The molecule has 0 saturated heterocycles. The highest BCUT2D eigenvalue weighted by Gasteiger charge is 1.97. The van der Waals surface area contributed by atoms with Crippen LogP contribution in [0.2, 0.25) is 0 Å². The van der Waals surface area contributed by atoms with Gasteiger partial charge in [0, 0.05) is 31.9 Å². The average Bonchev–Trinajstić information content (AvgIpc) is 2.29. The Balaban J connectivity index is 4.49. The maximum atomic E-state index is 4.32. The lowest BCUT2D eigenvalue weighted by Gasteiger charge is -2.07. The molecule has 16 heavy (non-hydrogen) atoms. The Morgan fingerprint density at radius 2 is 2.00 bits per heavy atom. The van der Waals surface area contributed by atoms with E-state index in [4.69, 9.17) is 0 Å². The summed E-state index contributed by atoms with van der Waals surface area (Å²) >= 11 is 0. The van der Waals surface area contributed by atoms with Crippen molar-refractivity contribution in [2.24, 2.45) is 9.98 Å². The van der Waals surface area contributed by atoms with Gasteiger partial charge in [0.2, 0.25) is 0 Å². The molecule has 0 rings (SSSR count). The topological polar surface area (TPSA) is 36.8 Å². The lowest BCUT2D eigenvalue weighted by Crippen LogP contribution is -2.22. The van der Waals surface area contributed by atoms with Gasteiger partial charge in [0.1, 0.15) is 0 Å². The SMILES string of the molecule is C=CCC=N/C(C)=C(/C=C)CNC(C)=NC. The van der Waals surface area contributed by atoms with Crippen molar-refractivity contribution in [3.05, 3.63) is 36.6 Å². The molecule has 0 fully saturated rings. The van der Waals surface area contributed by atoms with Crippen LogP contribution in [-0.2, 0) is 0 Å². The van der Waals surface area contributed by atoms with Gasteiger partial charge >= 0.3 is 0 Å². The van der Waals surface area contributed by atoms with Gasteiger partial charge in [-0.25, -0.2) is 0 Å². The quantitative estimate of drug-likeness (QED) is 0.317. The standard InChI is InChI=1S/C13H21N3/c1-6-8-9-15-11(3)13(7-2)10-16-12(4)14-5/h6-7,9H,1-2,8,10H2,3-5H3,(H,14,16)/b13-11-,15-9?. The number of amidine groups is 1. The first-order valence-corrected chi connectivity index (χ1v) is 5.28. The predicted octanol–water partition coefficient (Wildman–Crippen LogP) is 2.73. The van der Waals surface area contributed by atoms with Crippen LogP contribution in [0.15, 0.2) is 46.6 Å². The molecule has 0 heterocycles. The number of rotatable bonds is 6. The molecule has 0 radical (unpaired) electrons. The second-order valence-electron chi connectivity index (χ2n) is 3.31. The van der Waals surface area contributed by atoms with Crippen LogP contribution >= 0.6 is 0 Å².